The van der Waals surface area contributed by atoms with E-state index in [-0.39, 0.29) is 0 Å². The maximum Gasteiger partial charge on any atom is 0.232 e. The smallest absolute Gasteiger partial charge is 0.232 e. The zero-order valence-corrected chi connectivity index (χ0v) is 9.10. The minimum absolute atomic E-state index is 0.417. The monoisotopic (exact) mass is 259 g/mol. The van der Waals surface area contributed by atoms with E-state index in [1.165, 1.54) is 0 Å². The van der Waals surface area contributed by atoms with Crippen molar-refractivity contribution in [3.8, 4) is 18.2 Å². The third kappa shape index (κ3) is 3.25. The molecule has 0 fully saturated rings. The molecule has 68 valence electrons. The maximum atomic E-state index is 5.84. The molecule has 0 saturated heterocycles. The molecule has 1 rings (SSSR count). The molecule has 2 nitrogen and oxygen atoms in total. The highest BCUT2D eigenvalue weighted by Crippen LogP contribution is 2.24. The van der Waals surface area contributed by atoms with Crippen LogP contribution in [0.1, 0.15) is 6.42 Å². The highest BCUT2D eigenvalue weighted by molar-refractivity contribution is 9.10. The van der Waals surface area contributed by atoms with Crippen molar-refractivity contribution in [2.45, 2.75) is 6.42 Å². The van der Waals surface area contributed by atoms with Gasteiger partial charge in [-0.05, 0) is 22.0 Å². The molecule has 0 radical (unpaired) electrons. The summed E-state index contributed by atoms with van der Waals surface area (Å²) in [5.74, 6) is 2.88. The molecule has 0 atom stereocenters. The van der Waals surface area contributed by atoms with E-state index < -0.39 is 0 Å². The first kappa shape index (κ1) is 10.4. The van der Waals surface area contributed by atoms with E-state index in [1.807, 2.05) is 0 Å². The topological polar surface area (TPSA) is 22.1 Å². The minimum Gasteiger partial charge on any atom is -0.476 e. The van der Waals surface area contributed by atoms with Crippen LogP contribution in [0.25, 0.3) is 0 Å². The molecule has 1 aromatic heterocycles. The number of terminal acetylenes is 1. The molecule has 0 amide bonds. The Labute approximate surface area is 90.4 Å². The van der Waals surface area contributed by atoms with Crippen LogP contribution in [0.5, 0.6) is 5.88 Å². The van der Waals surface area contributed by atoms with Crippen LogP contribution in [0, 0.1) is 12.3 Å². The van der Waals surface area contributed by atoms with E-state index in [4.69, 9.17) is 22.8 Å². The largest absolute Gasteiger partial charge is 0.476 e. The average molecular weight is 261 g/mol. The van der Waals surface area contributed by atoms with Crippen LogP contribution < -0.4 is 4.74 Å². The standard InChI is InChI=1S/C9H7BrClNO/c1-2-3-4-13-9-8(11)5-7(10)6-12-9/h1,5-6H,3-4H2. The second kappa shape index (κ2) is 5.11. The second-order valence-corrected chi connectivity index (χ2v) is 3.57. The fourth-order valence-corrected chi connectivity index (χ4v) is 1.40. The lowest BCUT2D eigenvalue weighted by Gasteiger charge is -2.04. The molecule has 1 aromatic rings. The summed E-state index contributed by atoms with van der Waals surface area (Å²) >= 11 is 9.08. The van der Waals surface area contributed by atoms with E-state index in [2.05, 4.69) is 26.8 Å². The van der Waals surface area contributed by atoms with Crippen molar-refractivity contribution in [3.63, 3.8) is 0 Å². The Morgan fingerprint density at radius 2 is 2.46 bits per heavy atom. The van der Waals surface area contributed by atoms with E-state index >= 15 is 0 Å². The molecule has 0 saturated carbocycles. The summed E-state index contributed by atoms with van der Waals surface area (Å²) in [5, 5.41) is 0.478. The summed E-state index contributed by atoms with van der Waals surface area (Å²) in [6, 6.07) is 1.72. The second-order valence-electron chi connectivity index (χ2n) is 2.24. The first-order valence-corrected chi connectivity index (χ1v) is 4.78. The number of nitrogens with zero attached hydrogens (tertiary/aromatic N) is 1. The molecule has 1 heterocycles. The van der Waals surface area contributed by atoms with Gasteiger partial charge in [0.25, 0.3) is 0 Å². The molecule has 4 heteroatoms. The zero-order valence-electron chi connectivity index (χ0n) is 6.76. The number of hydrogen-bond acceptors (Lipinski definition) is 2. The van der Waals surface area contributed by atoms with Crippen LogP contribution in [0.4, 0.5) is 0 Å². The molecular weight excluding hydrogens is 253 g/mol. The molecule has 0 unspecified atom stereocenters. The molecule has 0 aliphatic carbocycles. The third-order valence-corrected chi connectivity index (χ3v) is 1.96. The maximum absolute atomic E-state index is 5.84. The van der Waals surface area contributed by atoms with Crippen LogP contribution in [-0.2, 0) is 0 Å². The summed E-state index contributed by atoms with van der Waals surface area (Å²) in [6.45, 7) is 0.435. The predicted molar refractivity (Wildman–Crippen MR) is 55.9 cm³/mol. The average Bonchev–Trinajstić information content (AvgIpc) is 2.09. The van der Waals surface area contributed by atoms with Crippen LogP contribution >= 0.6 is 27.5 Å². The Kier molecular flexibility index (Phi) is 4.07. The summed E-state index contributed by atoms with van der Waals surface area (Å²) in [6.07, 6.45) is 7.24. The summed E-state index contributed by atoms with van der Waals surface area (Å²) < 4.78 is 6.05. The summed E-state index contributed by atoms with van der Waals surface area (Å²) in [7, 11) is 0. The lowest BCUT2D eigenvalue weighted by Crippen LogP contribution is -1.98. The van der Waals surface area contributed by atoms with E-state index in [0.29, 0.717) is 23.9 Å². The van der Waals surface area contributed by atoms with Gasteiger partial charge in [-0.25, -0.2) is 4.98 Å². The van der Waals surface area contributed by atoms with Gasteiger partial charge in [-0.3, -0.25) is 0 Å². The van der Waals surface area contributed by atoms with Crippen LogP contribution in [-0.4, -0.2) is 11.6 Å². The van der Waals surface area contributed by atoms with Crippen molar-refractivity contribution >= 4 is 27.5 Å². The van der Waals surface area contributed by atoms with Gasteiger partial charge < -0.3 is 4.74 Å². The highest BCUT2D eigenvalue weighted by atomic mass is 79.9. The molecule has 0 N–H and O–H groups in total. The number of halogens is 2. The molecule has 0 aliphatic heterocycles. The van der Waals surface area contributed by atoms with Crippen LogP contribution in [0.2, 0.25) is 5.02 Å². The number of rotatable bonds is 3. The number of hydrogen-bond donors (Lipinski definition) is 0. The van der Waals surface area contributed by atoms with Crippen molar-refractivity contribution in [2.24, 2.45) is 0 Å². The van der Waals surface area contributed by atoms with E-state index in [9.17, 15) is 0 Å². The van der Waals surface area contributed by atoms with Gasteiger partial charge in [-0.15, -0.1) is 12.3 Å². The number of ether oxygens (including phenoxy) is 1. The first-order chi connectivity index (χ1) is 6.24. The minimum atomic E-state index is 0.417. The predicted octanol–water partition coefficient (Wildman–Crippen LogP) is 2.90. The molecule has 0 aliphatic rings. The fourth-order valence-electron chi connectivity index (χ4n) is 0.715. The van der Waals surface area contributed by atoms with Crippen LogP contribution in [0.15, 0.2) is 16.7 Å². The SMILES string of the molecule is C#CCCOc1ncc(Br)cc1Cl. The lowest BCUT2D eigenvalue weighted by molar-refractivity contribution is 0.314. The number of pyridine rings is 1. The third-order valence-electron chi connectivity index (χ3n) is 1.26. The fraction of sp³-hybridized carbons (Fsp3) is 0.222. The van der Waals surface area contributed by atoms with Gasteiger partial charge in [0.15, 0.2) is 0 Å². The van der Waals surface area contributed by atoms with Gasteiger partial charge in [-0.1, -0.05) is 11.6 Å². The first-order valence-electron chi connectivity index (χ1n) is 3.61. The van der Waals surface area contributed by atoms with E-state index in [0.717, 1.165) is 4.47 Å². The Morgan fingerprint density at radius 1 is 1.69 bits per heavy atom. The van der Waals surface area contributed by atoms with Gasteiger partial charge in [0.05, 0.1) is 0 Å². The van der Waals surface area contributed by atoms with Gasteiger partial charge in [0, 0.05) is 17.1 Å². The van der Waals surface area contributed by atoms with Crippen LogP contribution in [0.3, 0.4) is 0 Å². The van der Waals surface area contributed by atoms with Gasteiger partial charge in [-0.2, -0.15) is 0 Å². The lowest BCUT2D eigenvalue weighted by atomic mass is 10.4. The summed E-state index contributed by atoms with van der Waals surface area (Å²) in [4.78, 5) is 3.98. The van der Waals surface area contributed by atoms with Gasteiger partial charge >= 0.3 is 0 Å². The van der Waals surface area contributed by atoms with Crippen molar-refractivity contribution in [3.05, 3.63) is 21.8 Å². The Bertz CT molecular complexity index is 335. The zero-order chi connectivity index (χ0) is 9.68. The van der Waals surface area contributed by atoms with Crippen molar-refractivity contribution in [2.75, 3.05) is 6.61 Å². The molecular formula is C9H7BrClNO. The number of aromatic nitrogens is 1. The Hall–Kier alpha value is -0.720. The van der Waals surface area contributed by atoms with Gasteiger partial charge in [0.1, 0.15) is 11.6 Å². The Balaban J connectivity index is 2.62. The quantitative estimate of drug-likeness (QED) is 0.616. The molecule has 0 aromatic carbocycles. The summed E-state index contributed by atoms with van der Waals surface area (Å²) in [5.41, 5.74) is 0. The molecule has 0 spiro atoms. The van der Waals surface area contributed by atoms with E-state index in [1.54, 1.807) is 12.3 Å². The van der Waals surface area contributed by atoms with Gasteiger partial charge in [0.2, 0.25) is 5.88 Å². The van der Waals surface area contributed by atoms with Crippen molar-refractivity contribution in [1.82, 2.24) is 4.98 Å². The Morgan fingerprint density at radius 3 is 3.08 bits per heavy atom. The van der Waals surface area contributed by atoms with Crippen molar-refractivity contribution < 1.29 is 4.74 Å². The molecule has 13 heavy (non-hydrogen) atoms. The molecule has 0 bridgehead atoms. The van der Waals surface area contributed by atoms with Crippen molar-refractivity contribution in [1.29, 1.82) is 0 Å². The normalized spacial score (nSPS) is 9.31. The highest BCUT2D eigenvalue weighted by Gasteiger charge is 2.02.